The highest BCUT2D eigenvalue weighted by Gasteiger charge is 2.23. The van der Waals surface area contributed by atoms with Crippen molar-refractivity contribution in [2.75, 3.05) is 26.2 Å². The van der Waals surface area contributed by atoms with E-state index in [-0.39, 0.29) is 12.5 Å². The van der Waals surface area contributed by atoms with Gasteiger partial charge in [0.15, 0.2) is 0 Å². The second-order valence-electron chi connectivity index (χ2n) is 6.85. The molecule has 0 aliphatic carbocycles. The summed E-state index contributed by atoms with van der Waals surface area (Å²) in [6.07, 6.45) is 0.0773. The van der Waals surface area contributed by atoms with E-state index in [0.717, 1.165) is 29.0 Å². The van der Waals surface area contributed by atoms with Crippen LogP contribution in [-0.4, -0.2) is 42.2 Å². The SMILES string of the molecule is Cc1cc(OCc2ccc(Cl)cc2Cl)ccc1C1CN(CCC(=O)O)CCO1. The average molecular weight is 424 g/mol. The number of nitrogens with zero attached hydrogens (tertiary/aromatic N) is 1. The van der Waals surface area contributed by atoms with E-state index in [1.54, 1.807) is 12.1 Å². The first-order valence-electron chi connectivity index (χ1n) is 9.15. The minimum Gasteiger partial charge on any atom is -0.489 e. The van der Waals surface area contributed by atoms with Crippen LogP contribution in [-0.2, 0) is 16.1 Å². The molecule has 1 unspecified atom stereocenters. The number of carbonyl (C=O) groups is 1. The summed E-state index contributed by atoms with van der Waals surface area (Å²) in [6.45, 7) is 4.96. The summed E-state index contributed by atoms with van der Waals surface area (Å²) in [7, 11) is 0. The summed E-state index contributed by atoms with van der Waals surface area (Å²) >= 11 is 12.1. The highest BCUT2D eigenvalue weighted by Crippen LogP contribution is 2.29. The molecule has 1 atom stereocenters. The van der Waals surface area contributed by atoms with Crippen molar-refractivity contribution in [2.24, 2.45) is 0 Å². The molecule has 0 saturated carbocycles. The third-order valence-corrected chi connectivity index (χ3v) is 5.38. The molecule has 3 rings (SSSR count). The molecule has 28 heavy (non-hydrogen) atoms. The summed E-state index contributed by atoms with van der Waals surface area (Å²) < 4.78 is 11.8. The van der Waals surface area contributed by atoms with Gasteiger partial charge in [-0.1, -0.05) is 35.3 Å². The maximum Gasteiger partial charge on any atom is 0.304 e. The number of carboxylic acid groups (broad SMARTS) is 1. The normalized spacial score (nSPS) is 17.5. The van der Waals surface area contributed by atoms with Crippen molar-refractivity contribution >= 4 is 29.2 Å². The number of rotatable bonds is 7. The maximum atomic E-state index is 10.8. The summed E-state index contributed by atoms with van der Waals surface area (Å²) in [4.78, 5) is 12.9. The van der Waals surface area contributed by atoms with Crippen LogP contribution in [0.2, 0.25) is 10.0 Å². The summed E-state index contributed by atoms with van der Waals surface area (Å²) in [5, 5.41) is 10.1. The van der Waals surface area contributed by atoms with E-state index < -0.39 is 5.97 Å². The Morgan fingerprint density at radius 3 is 2.82 bits per heavy atom. The predicted octanol–water partition coefficient (Wildman–Crippen LogP) is 4.73. The van der Waals surface area contributed by atoms with Gasteiger partial charge in [0.2, 0.25) is 0 Å². The van der Waals surface area contributed by atoms with Crippen LogP contribution in [0.25, 0.3) is 0 Å². The number of hydrogen-bond acceptors (Lipinski definition) is 4. The van der Waals surface area contributed by atoms with Crippen molar-refractivity contribution in [3.63, 3.8) is 0 Å². The van der Waals surface area contributed by atoms with Crippen LogP contribution in [0.1, 0.15) is 29.2 Å². The fourth-order valence-electron chi connectivity index (χ4n) is 3.25. The zero-order valence-electron chi connectivity index (χ0n) is 15.7. The quantitative estimate of drug-likeness (QED) is 0.697. The highest BCUT2D eigenvalue weighted by molar-refractivity contribution is 6.35. The number of halogens is 2. The molecule has 2 aromatic rings. The van der Waals surface area contributed by atoms with Gasteiger partial charge in [0.25, 0.3) is 0 Å². The molecule has 2 aromatic carbocycles. The van der Waals surface area contributed by atoms with Gasteiger partial charge in [0.1, 0.15) is 12.4 Å². The van der Waals surface area contributed by atoms with Gasteiger partial charge in [0, 0.05) is 35.2 Å². The Bertz CT molecular complexity index is 843. The number of carboxylic acids is 1. The van der Waals surface area contributed by atoms with Gasteiger partial charge in [-0.2, -0.15) is 0 Å². The van der Waals surface area contributed by atoms with Crippen LogP contribution in [0, 0.1) is 6.92 Å². The third-order valence-electron chi connectivity index (χ3n) is 4.79. The first kappa shape index (κ1) is 20.9. The molecule has 0 bridgehead atoms. The van der Waals surface area contributed by atoms with Crippen molar-refractivity contribution in [2.45, 2.75) is 26.1 Å². The fourth-order valence-corrected chi connectivity index (χ4v) is 3.71. The zero-order valence-corrected chi connectivity index (χ0v) is 17.2. The Hall–Kier alpha value is -1.79. The smallest absolute Gasteiger partial charge is 0.304 e. The monoisotopic (exact) mass is 423 g/mol. The standard InChI is InChI=1S/C21H23Cl2NO4/c1-14-10-17(28-13-15-2-3-16(22)11-19(15)23)4-5-18(14)20-12-24(8-9-27-20)7-6-21(25)26/h2-5,10-11,20H,6-9,12-13H2,1H3,(H,25,26). The molecule has 7 heteroatoms. The van der Waals surface area contributed by atoms with Crippen molar-refractivity contribution in [3.05, 3.63) is 63.1 Å². The van der Waals surface area contributed by atoms with Gasteiger partial charge in [0.05, 0.1) is 19.1 Å². The third kappa shape index (κ3) is 5.61. The Labute approximate surface area is 174 Å². The second kappa shape index (κ2) is 9.61. The van der Waals surface area contributed by atoms with Gasteiger partial charge in [-0.3, -0.25) is 9.69 Å². The molecule has 0 spiro atoms. The van der Waals surface area contributed by atoms with E-state index in [9.17, 15) is 4.79 Å². The van der Waals surface area contributed by atoms with Gasteiger partial charge >= 0.3 is 5.97 Å². The molecular weight excluding hydrogens is 401 g/mol. The fraction of sp³-hybridized carbons (Fsp3) is 0.381. The lowest BCUT2D eigenvalue weighted by Gasteiger charge is -2.33. The molecule has 1 N–H and O–H groups in total. The van der Waals surface area contributed by atoms with Crippen LogP contribution in [0.15, 0.2) is 36.4 Å². The molecule has 5 nitrogen and oxygen atoms in total. The van der Waals surface area contributed by atoms with Gasteiger partial charge < -0.3 is 14.6 Å². The lowest BCUT2D eigenvalue weighted by atomic mass is 10.0. The topological polar surface area (TPSA) is 59.0 Å². The summed E-state index contributed by atoms with van der Waals surface area (Å²) in [5.74, 6) is -0.0210. The minimum absolute atomic E-state index is 0.0673. The zero-order chi connectivity index (χ0) is 20.1. The largest absolute Gasteiger partial charge is 0.489 e. The molecule has 150 valence electrons. The molecular formula is C21H23Cl2NO4. The number of benzene rings is 2. The van der Waals surface area contributed by atoms with E-state index in [1.807, 2.05) is 31.2 Å². The summed E-state index contributed by atoms with van der Waals surface area (Å²) in [6, 6.07) is 11.3. The van der Waals surface area contributed by atoms with E-state index in [0.29, 0.717) is 36.3 Å². The lowest BCUT2D eigenvalue weighted by molar-refractivity contribution is -0.137. The van der Waals surface area contributed by atoms with E-state index in [4.69, 9.17) is 37.8 Å². The Morgan fingerprint density at radius 1 is 1.29 bits per heavy atom. The Balaban J connectivity index is 1.62. The van der Waals surface area contributed by atoms with Crippen LogP contribution >= 0.6 is 23.2 Å². The van der Waals surface area contributed by atoms with Crippen molar-refractivity contribution < 1.29 is 19.4 Å². The molecule has 1 fully saturated rings. The lowest BCUT2D eigenvalue weighted by Crippen LogP contribution is -2.39. The number of hydrogen-bond donors (Lipinski definition) is 1. The second-order valence-corrected chi connectivity index (χ2v) is 7.69. The number of aliphatic carboxylic acids is 1. The average Bonchev–Trinajstić information content (AvgIpc) is 2.66. The molecule has 0 amide bonds. The van der Waals surface area contributed by atoms with Gasteiger partial charge in [-0.05, 0) is 42.3 Å². The van der Waals surface area contributed by atoms with Crippen LogP contribution in [0.5, 0.6) is 5.75 Å². The molecule has 0 radical (unpaired) electrons. The summed E-state index contributed by atoms with van der Waals surface area (Å²) in [5.41, 5.74) is 3.04. The van der Waals surface area contributed by atoms with Crippen molar-refractivity contribution in [1.29, 1.82) is 0 Å². The first-order valence-corrected chi connectivity index (χ1v) is 9.91. The van der Waals surface area contributed by atoms with E-state index >= 15 is 0 Å². The number of ether oxygens (including phenoxy) is 2. The maximum absolute atomic E-state index is 10.8. The van der Waals surface area contributed by atoms with Crippen molar-refractivity contribution in [3.8, 4) is 5.75 Å². The highest BCUT2D eigenvalue weighted by atomic mass is 35.5. The molecule has 1 heterocycles. The van der Waals surface area contributed by atoms with Crippen LogP contribution < -0.4 is 4.74 Å². The van der Waals surface area contributed by atoms with Crippen LogP contribution in [0.4, 0.5) is 0 Å². The number of morpholine rings is 1. The molecule has 1 saturated heterocycles. The van der Waals surface area contributed by atoms with Crippen molar-refractivity contribution in [1.82, 2.24) is 4.90 Å². The molecule has 1 aliphatic rings. The first-order chi connectivity index (χ1) is 13.4. The Morgan fingerprint density at radius 2 is 2.11 bits per heavy atom. The Kier molecular flexibility index (Phi) is 7.18. The minimum atomic E-state index is -0.776. The molecule has 0 aromatic heterocycles. The number of aryl methyl sites for hydroxylation is 1. The van der Waals surface area contributed by atoms with Gasteiger partial charge in [-0.25, -0.2) is 0 Å². The van der Waals surface area contributed by atoms with Crippen LogP contribution in [0.3, 0.4) is 0 Å². The van der Waals surface area contributed by atoms with E-state index in [1.165, 1.54) is 0 Å². The molecule has 1 aliphatic heterocycles. The van der Waals surface area contributed by atoms with Gasteiger partial charge in [-0.15, -0.1) is 0 Å². The predicted molar refractivity (Wildman–Crippen MR) is 109 cm³/mol. The van der Waals surface area contributed by atoms with E-state index in [2.05, 4.69) is 4.90 Å².